The first-order valence-corrected chi connectivity index (χ1v) is 9.00. The van der Waals surface area contributed by atoms with Crippen LogP contribution in [0.2, 0.25) is 0 Å². The van der Waals surface area contributed by atoms with Crippen molar-refractivity contribution < 1.29 is 4.52 Å². The Morgan fingerprint density at radius 1 is 1.33 bits per heavy atom. The van der Waals surface area contributed by atoms with Crippen LogP contribution in [-0.4, -0.2) is 62.4 Å². The Bertz CT molecular complexity index is 635. The molecule has 130 valence electrons. The van der Waals surface area contributed by atoms with E-state index >= 15 is 0 Å². The Balaban J connectivity index is 1.27. The molecule has 2 aliphatic rings. The van der Waals surface area contributed by atoms with Crippen molar-refractivity contribution in [3.05, 3.63) is 30.2 Å². The van der Waals surface area contributed by atoms with Crippen molar-refractivity contribution >= 4 is 0 Å². The summed E-state index contributed by atoms with van der Waals surface area (Å²) in [7, 11) is 2.22. The molecule has 3 heterocycles. The summed E-state index contributed by atoms with van der Waals surface area (Å²) in [6, 6.07) is 2.56. The minimum absolute atomic E-state index is 0.536. The molecule has 2 aromatic heterocycles. The van der Waals surface area contributed by atoms with Crippen LogP contribution in [0.4, 0.5) is 0 Å². The van der Waals surface area contributed by atoms with Crippen LogP contribution < -0.4 is 0 Å². The molecule has 1 atom stereocenters. The molecule has 1 saturated carbocycles. The van der Waals surface area contributed by atoms with Gasteiger partial charge in [-0.25, -0.2) is 0 Å². The van der Waals surface area contributed by atoms with E-state index in [0.717, 1.165) is 44.4 Å². The fraction of sp³-hybridized carbons (Fsp3) is 0.706. The Hall–Kier alpha value is -1.73. The molecule has 2 fully saturated rings. The van der Waals surface area contributed by atoms with Crippen LogP contribution in [0.5, 0.6) is 0 Å². The standard InChI is InChI=1S/C17H26N6O/c1-21(10-11-23-9-3-7-18-23)15-4-2-8-22(12-15)13-16-19-17(24-20-16)14-5-6-14/h3,7,9,14-15H,2,4-6,8,10-13H2,1H3/t15-/m0/s1. The second-order valence-electron chi connectivity index (χ2n) is 7.10. The summed E-state index contributed by atoms with van der Waals surface area (Å²) in [4.78, 5) is 9.48. The van der Waals surface area contributed by atoms with Gasteiger partial charge in [0.05, 0.1) is 13.1 Å². The average molecular weight is 330 g/mol. The number of likely N-dealkylation sites (tertiary alicyclic amines) is 1. The number of hydrogen-bond acceptors (Lipinski definition) is 6. The zero-order valence-electron chi connectivity index (χ0n) is 14.3. The van der Waals surface area contributed by atoms with E-state index < -0.39 is 0 Å². The van der Waals surface area contributed by atoms with Crippen molar-refractivity contribution in [2.45, 2.75) is 50.7 Å². The fourth-order valence-electron chi connectivity index (χ4n) is 3.44. The minimum atomic E-state index is 0.536. The second-order valence-corrected chi connectivity index (χ2v) is 7.10. The molecule has 1 aliphatic carbocycles. The van der Waals surface area contributed by atoms with Gasteiger partial charge < -0.3 is 9.42 Å². The maximum Gasteiger partial charge on any atom is 0.229 e. The highest BCUT2D eigenvalue weighted by Gasteiger charge is 2.30. The predicted octanol–water partition coefficient (Wildman–Crippen LogP) is 1.74. The number of nitrogens with zero attached hydrogens (tertiary/aromatic N) is 6. The molecular weight excluding hydrogens is 304 g/mol. The van der Waals surface area contributed by atoms with Gasteiger partial charge in [0.15, 0.2) is 5.82 Å². The van der Waals surface area contributed by atoms with Crippen molar-refractivity contribution in [2.75, 3.05) is 26.7 Å². The lowest BCUT2D eigenvalue weighted by Crippen LogP contribution is -2.47. The first-order valence-electron chi connectivity index (χ1n) is 9.00. The summed E-state index contributed by atoms with van der Waals surface area (Å²) in [5.41, 5.74) is 0. The highest BCUT2D eigenvalue weighted by molar-refractivity contribution is 5.01. The number of hydrogen-bond donors (Lipinski definition) is 0. The normalized spacial score (nSPS) is 22.3. The molecule has 0 amide bonds. The Labute approximate surface area is 142 Å². The minimum Gasteiger partial charge on any atom is -0.339 e. The van der Waals surface area contributed by atoms with E-state index in [4.69, 9.17) is 4.52 Å². The van der Waals surface area contributed by atoms with Gasteiger partial charge in [0.1, 0.15) is 0 Å². The largest absolute Gasteiger partial charge is 0.339 e. The number of piperidine rings is 1. The summed E-state index contributed by atoms with van der Waals surface area (Å²) in [5, 5.41) is 8.44. The van der Waals surface area contributed by atoms with Crippen molar-refractivity contribution in [1.29, 1.82) is 0 Å². The summed E-state index contributed by atoms with van der Waals surface area (Å²) >= 11 is 0. The van der Waals surface area contributed by atoms with Crippen molar-refractivity contribution in [2.24, 2.45) is 0 Å². The van der Waals surface area contributed by atoms with Crippen LogP contribution >= 0.6 is 0 Å². The summed E-state index contributed by atoms with van der Waals surface area (Å²) < 4.78 is 7.37. The molecule has 7 heteroatoms. The van der Waals surface area contributed by atoms with Crippen molar-refractivity contribution in [3.63, 3.8) is 0 Å². The molecule has 2 aromatic rings. The van der Waals surface area contributed by atoms with Gasteiger partial charge in [-0.1, -0.05) is 5.16 Å². The van der Waals surface area contributed by atoms with Crippen LogP contribution in [0.3, 0.4) is 0 Å². The number of aromatic nitrogens is 4. The van der Waals surface area contributed by atoms with Gasteiger partial charge in [0.25, 0.3) is 0 Å². The van der Waals surface area contributed by atoms with E-state index in [1.807, 2.05) is 23.1 Å². The smallest absolute Gasteiger partial charge is 0.229 e. The molecular formula is C17H26N6O. The van der Waals surface area contributed by atoms with E-state index in [2.05, 4.69) is 32.1 Å². The first-order chi connectivity index (χ1) is 11.8. The zero-order chi connectivity index (χ0) is 16.4. The van der Waals surface area contributed by atoms with E-state index in [9.17, 15) is 0 Å². The SMILES string of the molecule is CN(CCn1cccn1)[C@H]1CCCN(Cc2noc(C3CC3)n2)C1. The van der Waals surface area contributed by atoms with Crippen molar-refractivity contribution in [1.82, 2.24) is 29.7 Å². The number of rotatable bonds is 7. The Kier molecular flexibility index (Phi) is 4.62. The van der Waals surface area contributed by atoms with E-state index in [0.29, 0.717) is 12.0 Å². The van der Waals surface area contributed by atoms with Crippen LogP contribution in [0.15, 0.2) is 23.0 Å². The molecule has 0 radical (unpaired) electrons. The highest BCUT2D eigenvalue weighted by atomic mass is 16.5. The lowest BCUT2D eigenvalue weighted by Gasteiger charge is -2.37. The maximum absolute atomic E-state index is 5.38. The molecule has 0 unspecified atom stereocenters. The maximum atomic E-state index is 5.38. The summed E-state index contributed by atoms with van der Waals surface area (Å²) in [5.74, 6) is 2.22. The number of likely N-dealkylation sites (N-methyl/N-ethyl adjacent to an activating group) is 1. The predicted molar refractivity (Wildman–Crippen MR) is 89.4 cm³/mol. The molecule has 7 nitrogen and oxygen atoms in total. The van der Waals surface area contributed by atoms with Gasteiger partial charge in [-0.05, 0) is 45.3 Å². The topological polar surface area (TPSA) is 63.2 Å². The van der Waals surface area contributed by atoms with Gasteiger partial charge in [-0.3, -0.25) is 9.58 Å². The quantitative estimate of drug-likeness (QED) is 0.770. The molecule has 4 rings (SSSR count). The Morgan fingerprint density at radius 2 is 2.25 bits per heavy atom. The fourth-order valence-corrected chi connectivity index (χ4v) is 3.44. The van der Waals surface area contributed by atoms with Gasteiger partial charge >= 0.3 is 0 Å². The molecule has 0 bridgehead atoms. The molecule has 0 spiro atoms. The lowest BCUT2D eigenvalue weighted by atomic mass is 10.0. The summed E-state index contributed by atoms with van der Waals surface area (Å²) in [6.07, 6.45) is 8.75. The zero-order valence-corrected chi connectivity index (χ0v) is 14.3. The Morgan fingerprint density at radius 3 is 3.04 bits per heavy atom. The first kappa shape index (κ1) is 15.8. The van der Waals surface area contributed by atoms with Crippen LogP contribution in [0.25, 0.3) is 0 Å². The van der Waals surface area contributed by atoms with E-state index in [-0.39, 0.29) is 0 Å². The lowest BCUT2D eigenvalue weighted by molar-refractivity contribution is 0.106. The van der Waals surface area contributed by atoms with E-state index in [1.165, 1.54) is 25.7 Å². The van der Waals surface area contributed by atoms with Crippen LogP contribution in [0, 0.1) is 0 Å². The van der Waals surface area contributed by atoms with Gasteiger partial charge in [0.2, 0.25) is 5.89 Å². The van der Waals surface area contributed by atoms with Crippen LogP contribution in [0.1, 0.15) is 43.3 Å². The van der Waals surface area contributed by atoms with E-state index in [1.54, 1.807) is 0 Å². The molecule has 1 saturated heterocycles. The molecule has 24 heavy (non-hydrogen) atoms. The monoisotopic (exact) mass is 330 g/mol. The third-order valence-corrected chi connectivity index (χ3v) is 5.12. The third kappa shape index (κ3) is 3.84. The molecule has 0 N–H and O–H groups in total. The van der Waals surface area contributed by atoms with Gasteiger partial charge in [-0.2, -0.15) is 10.1 Å². The third-order valence-electron chi connectivity index (χ3n) is 5.12. The average Bonchev–Trinajstić information content (AvgIpc) is 3.12. The van der Waals surface area contributed by atoms with Crippen LogP contribution in [-0.2, 0) is 13.1 Å². The summed E-state index contributed by atoms with van der Waals surface area (Å²) in [6.45, 7) is 4.96. The van der Waals surface area contributed by atoms with Crippen molar-refractivity contribution in [3.8, 4) is 0 Å². The highest BCUT2D eigenvalue weighted by Crippen LogP contribution is 2.38. The second kappa shape index (κ2) is 7.03. The van der Waals surface area contributed by atoms with Gasteiger partial charge in [0, 0.05) is 37.4 Å². The molecule has 0 aromatic carbocycles. The van der Waals surface area contributed by atoms with Gasteiger partial charge in [-0.15, -0.1) is 0 Å². The molecule has 1 aliphatic heterocycles.